The van der Waals surface area contributed by atoms with E-state index in [0.717, 1.165) is 25.2 Å². The quantitative estimate of drug-likeness (QED) is 0.414. The first-order chi connectivity index (χ1) is 10.6. The van der Waals surface area contributed by atoms with Gasteiger partial charge >= 0.3 is 51.4 Å². The van der Waals surface area contributed by atoms with Crippen molar-refractivity contribution >= 4 is 5.97 Å². The fraction of sp³-hybridized carbons (Fsp3) is 0.870. The Morgan fingerprint density at radius 1 is 0.885 bits per heavy atom. The summed E-state index contributed by atoms with van der Waals surface area (Å²) in [6.45, 7) is 22.3. The summed E-state index contributed by atoms with van der Waals surface area (Å²) in [6.07, 6.45) is 4.11. The molecule has 0 aromatic rings. The van der Waals surface area contributed by atoms with Crippen molar-refractivity contribution in [2.24, 2.45) is 28.1 Å². The standard InChI is InChI=1S/C22H41O2.CH3.K/c1-15(14-20(2,3)4)19(23)24-18-12-16(21(5,6)7)11-17(13-18)22(8,9)10;;/h16-18H,11-14H2,1-10H3;1H3;/q2*-1;+1. The van der Waals surface area contributed by atoms with E-state index in [0.29, 0.717) is 11.8 Å². The van der Waals surface area contributed by atoms with Crippen LogP contribution in [0.2, 0.25) is 0 Å². The van der Waals surface area contributed by atoms with E-state index in [4.69, 9.17) is 4.74 Å². The minimum Gasteiger partial charge on any atom is -0.485 e. The Kier molecular flexibility index (Phi) is 12.0. The fourth-order valence-electron chi connectivity index (χ4n) is 3.90. The van der Waals surface area contributed by atoms with Gasteiger partial charge in [0.15, 0.2) is 5.97 Å². The number of esters is 1. The molecule has 0 saturated heterocycles. The van der Waals surface area contributed by atoms with Crippen LogP contribution in [0.3, 0.4) is 0 Å². The summed E-state index contributed by atoms with van der Waals surface area (Å²) in [5.74, 6) is 1.98. The zero-order valence-electron chi connectivity index (χ0n) is 19.9. The maximum Gasteiger partial charge on any atom is 1.00 e. The van der Waals surface area contributed by atoms with Gasteiger partial charge in [-0.15, -0.1) is 0 Å². The van der Waals surface area contributed by atoms with Gasteiger partial charge in [-0.3, -0.25) is 10.7 Å². The van der Waals surface area contributed by atoms with E-state index in [9.17, 15) is 4.79 Å². The van der Waals surface area contributed by atoms with Crippen molar-refractivity contribution in [3.05, 3.63) is 13.3 Å². The van der Waals surface area contributed by atoms with Gasteiger partial charge in [-0.05, 0) is 41.9 Å². The maximum atomic E-state index is 12.5. The van der Waals surface area contributed by atoms with Gasteiger partial charge in [0.25, 0.3) is 0 Å². The second kappa shape index (κ2) is 10.7. The molecule has 0 radical (unpaired) electrons. The number of rotatable bonds is 3. The number of carbonyl (C=O) groups is 1. The largest absolute Gasteiger partial charge is 1.00 e. The van der Waals surface area contributed by atoms with Gasteiger partial charge in [0.05, 0.1) is 6.10 Å². The van der Waals surface area contributed by atoms with Crippen LogP contribution >= 0.6 is 0 Å². The summed E-state index contributed by atoms with van der Waals surface area (Å²) in [5, 5.41) is 0. The number of hydrogen-bond donors (Lipinski definition) is 0. The first-order valence-electron chi connectivity index (χ1n) is 9.63. The molecular formula is C23H44KO2-. The molecule has 26 heavy (non-hydrogen) atoms. The molecule has 0 aromatic carbocycles. The predicted molar refractivity (Wildman–Crippen MR) is 109 cm³/mol. The summed E-state index contributed by atoms with van der Waals surface area (Å²) in [5.41, 5.74) is 0.648. The Hall–Kier alpha value is 0.976. The smallest absolute Gasteiger partial charge is 0.485 e. The second-order valence-electron chi connectivity index (χ2n) is 11.4. The monoisotopic (exact) mass is 391 g/mol. The number of carbonyl (C=O) groups excluding carboxylic acids is 1. The average Bonchev–Trinajstić information content (AvgIpc) is 2.34. The summed E-state index contributed by atoms with van der Waals surface area (Å²) in [4.78, 5) is 12.5. The third-order valence-corrected chi connectivity index (χ3v) is 5.53. The van der Waals surface area contributed by atoms with Crippen LogP contribution in [0.1, 0.15) is 94.9 Å². The molecule has 0 amide bonds. The first kappa shape index (κ1) is 29.2. The van der Waals surface area contributed by atoms with E-state index in [2.05, 4.69) is 62.3 Å². The molecule has 1 fully saturated rings. The van der Waals surface area contributed by atoms with Crippen LogP contribution in [0, 0.1) is 41.4 Å². The normalized spacial score (nSPS) is 24.2. The fourth-order valence-corrected chi connectivity index (χ4v) is 3.90. The van der Waals surface area contributed by atoms with E-state index in [1.165, 1.54) is 6.42 Å². The van der Waals surface area contributed by atoms with Crippen LogP contribution in [-0.2, 0) is 9.53 Å². The van der Waals surface area contributed by atoms with Crippen LogP contribution in [0.15, 0.2) is 0 Å². The van der Waals surface area contributed by atoms with Gasteiger partial charge in [0.1, 0.15) is 0 Å². The summed E-state index contributed by atoms with van der Waals surface area (Å²) in [6, 6.07) is 0. The van der Waals surface area contributed by atoms with E-state index >= 15 is 0 Å². The molecule has 0 bridgehead atoms. The third kappa shape index (κ3) is 9.96. The third-order valence-electron chi connectivity index (χ3n) is 5.53. The van der Waals surface area contributed by atoms with Crippen LogP contribution in [0.25, 0.3) is 0 Å². The minimum absolute atomic E-state index is 0. The van der Waals surface area contributed by atoms with Gasteiger partial charge in [0.2, 0.25) is 0 Å². The first-order valence-corrected chi connectivity index (χ1v) is 9.63. The molecular weight excluding hydrogens is 347 g/mol. The molecule has 150 valence electrons. The van der Waals surface area contributed by atoms with E-state index in [1.807, 2.05) is 6.92 Å². The molecule has 3 heteroatoms. The van der Waals surface area contributed by atoms with Crippen molar-refractivity contribution in [3.8, 4) is 0 Å². The van der Waals surface area contributed by atoms with Crippen molar-refractivity contribution in [1.82, 2.24) is 0 Å². The summed E-state index contributed by atoms with van der Waals surface area (Å²) >= 11 is 0. The maximum absolute atomic E-state index is 12.5. The van der Waals surface area contributed by atoms with Crippen molar-refractivity contribution in [1.29, 1.82) is 0 Å². The molecule has 2 unspecified atom stereocenters. The average molecular weight is 392 g/mol. The SMILES string of the molecule is C[C-](CC(C)(C)C)C(=O)OC1CC(C(C)(C)C)CC(C(C)(C)C)C1.[CH3-].[K+]. The van der Waals surface area contributed by atoms with Crippen molar-refractivity contribution < 1.29 is 60.9 Å². The van der Waals surface area contributed by atoms with Gasteiger partial charge in [-0.25, -0.2) is 0 Å². The Morgan fingerprint density at radius 3 is 1.58 bits per heavy atom. The van der Waals surface area contributed by atoms with Gasteiger partial charge in [0, 0.05) is 0 Å². The Morgan fingerprint density at radius 2 is 1.27 bits per heavy atom. The van der Waals surface area contributed by atoms with Crippen molar-refractivity contribution in [2.75, 3.05) is 0 Å². The molecule has 0 heterocycles. The molecule has 1 aliphatic rings. The van der Waals surface area contributed by atoms with Crippen molar-refractivity contribution in [3.63, 3.8) is 0 Å². The molecule has 1 saturated carbocycles. The molecule has 0 N–H and O–H groups in total. The van der Waals surface area contributed by atoms with Crippen LogP contribution in [0.4, 0.5) is 0 Å². The minimum atomic E-state index is -0.0860. The molecule has 0 aliphatic heterocycles. The Balaban J connectivity index is 0. The van der Waals surface area contributed by atoms with Gasteiger partial charge in [-0.1, -0.05) is 67.7 Å². The zero-order valence-corrected chi connectivity index (χ0v) is 23.0. The number of hydrogen-bond acceptors (Lipinski definition) is 2. The number of ether oxygens (including phenoxy) is 1. The topological polar surface area (TPSA) is 26.3 Å². The van der Waals surface area contributed by atoms with Gasteiger partial charge < -0.3 is 12.2 Å². The summed E-state index contributed by atoms with van der Waals surface area (Å²) in [7, 11) is 0. The van der Waals surface area contributed by atoms with Gasteiger partial charge in [-0.2, -0.15) is 13.3 Å². The zero-order chi connectivity index (χ0) is 18.9. The Bertz CT molecular complexity index is 401. The molecule has 0 aromatic heterocycles. The molecule has 2 atom stereocenters. The molecule has 2 nitrogen and oxygen atoms in total. The molecule has 0 spiro atoms. The van der Waals surface area contributed by atoms with Crippen LogP contribution < -0.4 is 51.4 Å². The van der Waals surface area contributed by atoms with Crippen LogP contribution in [0.5, 0.6) is 0 Å². The summed E-state index contributed by atoms with van der Waals surface area (Å²) < 4.78 is 5.97. The van der Waals surface area contributed by atoms with Crippen molar-refractivity contribution in [2.45, 2.75) is 101 Å². The Labute approximate surface area is 207 Å². The molecule has 1 aliphatic carbocycles. The predicted octanol–water partition coefficient (Wildman–Crippen LogP) is 3.89. The van der Waals surface area contributed by atoms with Crippen LogP contribution in [-0.4, -0.2) is 12.1 Å². The van der Waals surface area contributed by atoms with E-state index < -0.39 is 0 Å². The molecule has 1 rings (SSSR count). The van der Waals surface area contributed by atoms with E-state index in [1.54, 1.807) is 0 Å². The van der Waals surface area contributed by atoms with E-state index in [-0.39, 0.29) is 87.1 Å². The second-order valence-corrected chi connectivity index (χ2v) is 11.4.